The third kappa shape index (κ3) is 2.85. The summed E-state index contributed by atoms with van der Waals surface area (Å²) in [6.45, 7) is 0.655. The van der Waals surface area contributed by atoms with Crippen LogP contribution in [0.1, 0.15) is 38.5 Å². The van der Waals surface area contributed by atoms with E-state index in [4.69, 9.17) is 0 Å². The fourth-order valence-corrected chi connectivity index (χ4v) is 3.50. The van der Waals surface area contributed by atoms with Crippen molar-refractivity contribution in [1.82, 2.24) is 4.90 Å². The van der Waals surface area contributed by atoms with Crippen molar-refractivity contribution >= 4 is 11.9 Å². The number of carbonyl (C=O) groups excluding carboxylic acids is 2. The number of hydrogen-bond acceptors (Lipinski definition) is 3. The molecule has 2 saturated carbocycles. The van der Waals surface area contributed by atoms with E-state index in [1.165, 1.54) is 26.4 Å². The fraction of sp³-hybridized carbons (Fsp3) is 0.857. The molecule has 2 bridgehead atoms. The molecule has 2 aliphatic rings. The van der Waals surface area contributed by atoms with Crippen molar-refractivity contribution in [2.45, 2.75) is 38.5 Å². The summed E-state index contributed by atoms with van der Waals surface area (Å²) < 4.78 is 4.59. The number of fused-ring (bicyclic) bond motifs is 2. The standard InChI is InChI=1S/C14H23NO3/c1-15(7-3-4-13(16)18-2)14(17)12-9-10-5-6-11(12)8-10/h10-12H,3-9H2,1-2H3. The Kier molecular flexibility index (Phi) is 4.25. The highest BCUT2D eigenvalue weighted by Crippen LogP contribution is 2.48. The summed E-state index contributed by atoms with van der Waals surface area (Å²) in [5.74, 6) is 1.77. The predicted octanol–water partition coefficient (Wildman–Crippen LogP) is 1.83. The molecule has 0 spiro atoms. The largest absolute Gasteiger partial charge is 0.469 e. The van der Waals surface area contributed by atoms with Crippen LogP contribution in [0.4, 0.5) is 0 Å². The van der Waals surface area contributed by atoms with Gasteiger partial charge in [0.25, 0.3) is 0 Å². The van der Waals surface area contributed by atoms with E-state index in [2.05, 4.69) is 4.74 Å². The van der Waals surface area contributed by atoms with Crippen molar-refractivity contribution in [3.8, 4) is 0 Å². The Labute approximate surface area is 109 Å². The van der Waals surface area contributed by atoms with Crippen molar-refractivity contribution in [1.29, 1.82) is 0 Å². The van der Waals surface area contributed by atoms with Gasteiger partial charge in [-0.15, -0.1) is 0 Å². The van der Waals surface area contributed by atoms with Crippen LogP contribution in [-0.4, -0.2) is 37.5 Å². The van der Waals surface area contributed by atoms with E-state index >= 15 is 0 Å². The SMILES string of the molecule is COC(=O)CCCN(C)C(=O)C1CC2CCC1C2. The average molecular weight is 253 g/mol. The van der Waals surface area contributed by atoms with Crippen LogP contribution in [0.3, 0.4) is 0 Å². The molecule has 0 aromatic rings. The van der Waals surface area contributed by atoms with Crippen LogP contribution in [0.25, 0.3) is 0 Å². The predicted molar refractivity (Wildman–Crippen MR) is 67.8 cm³/mol. The number of rotatable bonds is 5. The van der Waals surface area contributed by atoms with Gasteiger partial charge in [0.05, 0.1) is 7.11 Å². The van der Waals surface area contributed by atoms with Crippen LogP contribution in [0, 0.1) is 17.8 Å². The lowest BCUT2D eigenvalue weighted by atomic mass is 9.88. The van der Waals surface area contributed by atoms with Crippen molar-refractivity contribution in [2.24, 2.45) is 17.8 Å². The van der Waals surface area contributed by atoms with Crippen LogP contribution in [0.5, 0.6) is 0 Å². The summed E-state index contributed by atoms with van der Waals surface area (Å²) in [6.07, 6.45) is 5.98. The van der Waals surface area contributed by atoms with Crippen LogP contribution in [0.2, 0.25) is 0 Å². The molecule has 1 amide bonds. The molecule has 2 rings (SSSR count). The highest BCUT2D eigenvalue weighted by molar-refractivity contribution is 5.79. The van der Waals surface area contributed by atoms with Gasteiger partial charge in [-0.2, -0.15) is 0 Å². The Balaban J connectivity index is 1.73. The molecular weight excluding hydrogens is 230 g/mol. The van der Waals surface area contributed by atoms with Gasteiger partial charge >= 0.3 is 5.97 Å². The van der Waals surface area contributed by atoms with Crippen LogP contribution >= 0.6 is 0 Å². The Morgan fingerprint density at radius 1 is 1.28 bits per heavy atom. The number of amides is 1. The van der Waals surface area contributed by atoms with Crippen LogP contribution < -0.4 is 0 Å². The number of ether oxygens (including phenoxy) is 1. The molecule has 4 nitrogen and oxygen atoms in total. The third-order valence-corrected chi connectivity index (χ3v) is 4.53. The molecule has 0 aliphatic heterocycles. The van der Waals surface area contributed by atoms with Crippen LogP contribution in [-0.2, 0) is 14.3 Å². The summed E-state index contributed by atoms with van der Waals surface area (Å²) in [4.78, 5) is 25.1. The normalized spacial score (nSPS) is 29.3. The molecule has 18 heavy (non-hydrogen) atoms. The number of esters is 1. The van der Waals surface area contributed by atoms with Gasteiger partial charge in [0.2, 0.25) is 5.91 Å². The molecule has 2 fully saturated rings. The minimum atomic E-state index is -0.198. The van der Waals surface area contributed by atoms with E-state index in [9.17, 15) is 9.59 Å². The molecular formula is C14H23NO3. The minimum Gasteiger partial charge on any atom is -0.469 e. The highest BCUT2D eigenvalue weighted by Gasteiger charge is 2.43. The molecule has 102 valence electrons. The lowest BCUT2D eigenvalue weighted by Crippen LogP contribution is -2.36. The molecule has 3 atom stereocenters. The van der Waals surface area contributed by atoms with Gasteiger partial charge in [0.1, 0.15) is 0 Å². The minimum absolute atomic E-state index is 0.198. The Bertz CT molecular complexity index is 329. The summed E-state index contributed by atoms with van der Waals surface area (Å²) in [5, 5.41) is 0. The molecule has 0 radical (unpaired) electrons. The van der Waals surface area contributed by atoms with Crippen molar-refractivity contribution in [3.05, 3.63) is 0 Å². The average Bonchev–Trinajstić information content (AvgIpc) is 2.99. The Morgan fingerprint density at radius 2 is 2.06 bits per heavy atom. The Morgan fingerprint density at radius 3 is 2.61 bits per heavy atom. The van der Waals surface area contributed by atoms with Gasteiger partial charge in [0.15, 0.2) is 0 Å². The first-order chi connectivity index (χ1) is 8.61. The van der Waals surface area contributed by atoms with Gasteiger partial charge < -0.3 is 9.64 Å². The first-order valence-corrected chi connectivity index (χ1v) is 6.93. The Hall–Kier alpha value is -1.06. The van der Waals surface area contributed by atoms with Crippen LogP contribution in [0.15, 0.2) is 0 Å². The van der Waals surface area contributed by atoms with Gasteiger partial charge in [0, 0.05) is 25.9 Å². The molecule has 4 heteroatoms. The first kappa shape index (κ1) is 13.4. The summed E-state index contributed by atoms with van der Waals surface area (Å²) in [5.41, 5.74) is 0. The topological polar surface area (TPSA) is 46.6 Å². The van der Waals surface area contributed by atoms with E-state index in [0.717, 1.165) is 12.3 Å². The smallest absolute Gasteiger partial charge is 0.305 e. The van der Waals surface area contributed by atoms with E-state index in [0.29, 0.717) is 25.3 Å². The summed E-state index contributed by atoms with van der Waals surface area (Å²) >= 11 is 0. The quantitative estimate of drug-likeness (QED) is 0.702. The number of methoxy groups -OCH3 is 1. The second-order valence-corrected chi connectivity index (χ2v) is 5.72. The monoisotopic (exact) mass is 253 g/mol. The van der Waals surface area contributed by atoms with Crippen molar-refractivity contribution in [2.75, 3.05) is 20.7 Å². The number of nitrogens with zero attached hydrogens (tertiary/aromatic N) is 1. The molecule has 0 saturated heterocycles. The van der Waals surface area contributed by atoms with E-state index in [-0.39, 0.29) is 17.8 Å². The zero-order chi connectivity index (χ0) is 13.1. The third-order valence-electron chi connectivity index (χ3n) is 4.53. The second kappa shape index (κ2) is 5.72. The van der Waals surface area contributed by atoms with Gasteiger partial charge in [-0.3, -0.25) is 9.59 Å². The van der Waals surface area contributed by atoms with Crippen molar-refractivity contribution < 1.29 is 14.3 Å². The molecule has 2 aliphatic carbocycles. The number of hydrogen-bond donors (Lipinski definition) is 0. The molecule has 0 aromatic carbocycles. The van der Waals surface area contributed by atoms with Gasteiger partial charge in [-0.05, 0) is 37.5 Å². The van der Waals surface area contributed by atoms with E-state index in [1.54, 1.807) is 4.90 Å². The van der Waals surface area contributed by atoms with E-state index in [1.807, 2.05) is 7.05 Å². The molecule has 3 unspecified atom stereocenters. The first-order valence-electron chi connectivity index (χ1n) is 6.93. The van der Waals surface area contributed by atoms with Crippen molar-refractivity contribution in [3.63, 3.8) is 0 Å². The van der Waals surface area contributed by atoms with Gasteiger partial charge in [-0.25, -0.2) is 0 Å². The molecule has 0 aromatic heterocycles. The molecule has 0 heterocycles. The zero-order valence-electron chi connectivity index (χ0n) is 11.4. The summed E-state index contributed by atoms with van der Waals surface area (Å²) in [7, 11) is 3.25. The lowest BCUT2D eigenvalue weighted by molar-refractivity contribution is -0.141. The lowest BCUT2D eigenvalue weighted by Gasteiger charge is -2.26. The fourth-order valence-electron chi connectivity index (χ4n) is 3.50. The maximum atomic E-state index is 12.3. The maximum Gasteiger partial charge on any atom is 0.305 e. The zero-order valence-corrected chi connectivity index (χ0v) is 11.4. The maximum absolute atomic E-state index is 12.3. The number of carbonyl (C=O) groups is 2. The van der Waals surface area contributed by atoms with E-state index < -0.39 is 0 Å². The second-order valence-electron chi connectivity index (χ2n) is 5.72. The molecule has 0 N–H and O–H groups in total. The summed E-state index contributed by atoms with van der Waals surface area (Å²) in [6, 6.07) is 0. The highest BCUT2D eigenvalue weighted by atomic mass is 16.5. The van der Waals surface area contributed by atoms with Gasteiger partial charge in [-0.1, -0.05) is 6.42 Å².